The summed E-state index contributed by atoms with van der Waals surface area (Å²) in [5.41, 5.74) is 0.647. The maximum atomic E-state index is 12.3. The Labute approximate surface area is 115 Å². The number of piperidine rings is 1. The fourth-order valence-electron chi connectivity index (χ4n) is 2.19. The number of esters is 1. The molecule has 6 nitrogen and oxygen atoms in total. The van der Waals surface area contributed by atoms with Crippen LogP contribution in [-0.2, 0) is 9.53 Å². The Morgan fingerprint density at radius 2 is 2.32 bits per heavy atom. The highest BCUT2D eigenvalue weighted by atomic mass is 32.1. The first-order valence-corrected chi connectivity index (χ1v) is 7.15. The van der Waals surface area contributed by atoms with Crippen LogP contribution in [0.5, 0.6) is 0 Å². The predicted octanol–water partition coefficient (Wildman–Crippen LogP) is 1.26. The van der Waals surface area contributed by atoms with E-state index in [9.17, 15) is 9.59 Å². The lowest BCUT2D eigenvalue weighted by atomic mass is 9.98. The average molecular weight is 283 g/mol. The van der Waals surface area contributed by atoms with Crippen LogP contribution < -0.4 is 0 Å². The summed E-state index contributed by atoms with van der Waals surface area (Å²) in [6, 6.07) is 0. The molecular formula is C12H17N3O3S. The molecule has 0 unspecified atom stereocenters. The van der Waals surface area contributed by atoms with Crippen molar-refractivity contribution in [3.8, 4) is 0 Å². The van der Waals surface area contributed by atoms with Crippen molar-refractivity contribution in [3.63, 3.8) is 0 Å². The molecule has 0 radical (unpaired) electrons. The zero-order valence-electron chi connectivity index (χ0n) is 11.1. The number of aryl methyl sites for hydroxylation is 1. The minimum Gasteiger partial charge on any atom is -0.466 e. The summed E-state index contributed by atoms with van der Waals surface area (Å²) in [6.45, 7) is 5.03. The summed E-state index contributed by atoms with van der Waals surface area (Å²) in [6.07, 6.45) is 1.60. The topological polar surface area (TPSA) is 72.4 Å². The maximum absolute atomic E-state index is 12.3. The van der Waals surface area contributed by atoms with E-state index in [2.05, 4.69) is 9.59 Å². The van der Waals surface area contributed by atoms with Gasteiger partial charge in [-0.1, -0.05) is 4.49 Å². The van der Waals surface area contributed by atoms with Gasteiger partial charge < -0.3 is 9.64 Å². The van der Waals surface area contributed by atoms with Crippen molar-refractivity contribution in [3.05, 3.63) is 10.6 Å². The smallest absolute Gasteiger partial charge is 0.310 e. The van der Waals surface area contributed by atoms with Crippen molar-refractivity contribution in [2.24, 2.45) is 5.92 Å². The Morgan fingerprint density at radius 3 is 2.95 bits per heavy atom. The summed E-state index contributed by atoms with van der Waals surface area (Å²) in [5, 5.41) is 3.85. The number of ether oxygens (including phenoxy) is 1. The summed E-state index contributed by atoms with van der Waals surface area (Å²) < 4.78 is 8.80. The van der Waals surface area contributed by atoms with Crippen LogP contribution in [0.1, 0.15) is 35.1 Å². The zero-order chi connectivity index (χ0) is 13.8. The summed E-state index contributed by atoms with van der Waals surface area (Å²) in [5.74, 6) is -0.500. The highest BCUT2D eigenvalue weighted by Gasteiger charge is 2.31. The standard InChI is InChI=1S/C12H17N3O3S/c1-3-18-12(17)9-5-4-6-15(7-9)11(16)10-8(2)13-14-19-10/h9H,3-7H2,1-2H3/t9-/m1/s1. The Kier molecular flexibility index (Phi) is 4.47. The summed E-state index contributed by atoms with van der Waals surface area (Å²) in [4.78, 5) is 26.3. The Hall–Kier alpha value is -1.50. The zero-order valence-corrected chi connectivity index (χ0v) is 11.9. The molecule has 0 N–H and O–H groups in total. The molecule has 1 amide bonds. The van der Waals surface area contributed by atoms with Gasteiger partial charge in [0.25, 0.3) is 5.91 Å². The monoisotopic (exact) mass is 283 g/mol. The van der Waals surface area contributed by atoms with Crippen LogP contribution in [0, 0.1) is 12.8 Å². The average Bonchev–Trinajstić information content (AvgIpc) is 2.84. The van der Waals surface area contributed by atoms with Crippen LogP contribution in [-0.4, -0.2) is 46.1 Å². The van der Waals surface area contributed by atoms with Crippen LogP contribution in [0.4, 0.5) is 0 Å². The van der Waals surface area contributed by atoms with Crippen molar-refractivity contribution >= 4 is 23.4 Å². The molecule has 0 aliphatic carbocycles. The van der Waals surface area contributed by atoms with E-state index < -0.39 is 0 Å². The van der Waals surface area contributed by atoms with E-state index in [1.807, 2.05) is 0 Å². The second kappa shape index (κ2) is 6.10. The van der Waals surface area contributed by atoms with Crippen molar-refractivity contribution in [2.75, 3.05) is 19.7 Å². The number of likely N-dealkylation sites (tertiary alicyclic amines) is 1. The number of carbonyl (C=O) groups is 2. The number of hydrogen-bond acceptors (Lipinski definition) is 6. The van der Waals surface area contributed by atoms with Crippen molar-refractivity contribution < 1.29 is 14.3 Å². The number of amides is 1. The summed E-state index contributed by atoms with van der Waals surface area (Å²) in [7, 11) is 0. The van der Waals surface area contributed by atoms with Gasteiger partial charge in [-0.3, -0.25) is 9.59 Å². The van der Waals surface area contributed by atoms with Gasteiger partial charge in [0, 0.05) is 13.1 Å². The van der Waals surface area contributed by atoms with Gasteiger partial charge >= 0.3 is 5.97 Å². The van der Waals surface area contributed by atoms with Gasteiger partial charge in [0.05, 0.1) is 18.2 Å². The lowest BCUT2D eigenvalue weighted by Gasteiger charge is -2.31. The van der Waals surface area contributed by atoms with E-state index >= 15 is 0 Å². The number of aromatic nitrogens is 2. The molecule has 7 heteroatoms. The lowest BCUT2D eigenvalue weighted by Crippen LogP contribution is -2.42. The highest BCUT2D eigenvalue weighted by Crippen LogP contribution is 2.21. The third-order valence-corrected chi connectivity index (χ3v) is 3.99. The quantitative estimate of drug-likeness (QED) is 0.781. The molecule has 0 bridgehead atoms. The lowest BCUT2D eigenvalue weighted by molar-refractivity contribution is -0.149. The minimum absolute atomic E-state index is 0.0819. The first kappa shape index (κ1) is 13.9. The van der Waals surface area contributed by atoms with E-state index in [1.54, 1.807) is 18.7 Å². The van der Waals surface area contributed by atoms with E-state index in [0.717, 1.165) is 24.4 Å². The Morgan fingerprint density at radius 1 is 1.53 bits per heavy atom. The van der Waals surface area contributed by atoms with E-state index in [-0.39, 0.29) is 17.8 Å². The van der Waals surface area contributed by atoms with Gasteiger partial charge in [-0.2, -0.15) is 0 Å². The molecule has 0 saturated carbocycles. The third-order valence-electron chi connectivity index (χ3n) is 3.17. The molecule has 19 heavy (non-hydrogen) atoms. The van der Waals surface area contributed by atoms with Crippen molar-refractivity contribution in [1.82, 2.24) is 14.5 Å². The molecule has 2 heterocycles. The largest absolute Gasteiger partial charge is 0.466 e. The Bertz CT molecular complexity index is 475. The highest BCUT2D eigenvalue weighted by molar-refractivity contribution is 7.07. The predicted molar refractivity (Wildman–Crippen MR) is 69.9 cm³/mol. The van der Waals surface area contributed by atoms with Crippen LogP contribution >= 0.6 is 11.5 Å². The van der Waals surface area contributed by atoms with Gasteiger partial charge in [0.15, 0.2) is 0 Å². The number of nitrogens with zero attached hydrogens (tertiary/aromatic N) is 3. The molecular weight excluding hydrogens is 266 g/mol. The molecule has 0 spiro atoms. The van der Waals surface area contributed by atoms with Gasteiger partial charge in [-0.15, -0.1) is 5.10 Å². The molecule has 1 aromatic heterocycles. The summed E-state index contributed by atoms with van der Waals surface area (Å²) >= 11 is 1.10. The fraction of sp³-hybridized carbons (Fsp3) is 0.667. The molecule has 2 rings (SSSR count). The van der Waals surface area contributed by atoms with Gasteiger partial charge in [-0.05, 0) is 38.2 Å². The molecule has 1 atom stereocenters. The van der Waals surface area contributed by atoms with Crippen molar-refractivity contribution in [1.29, 1.82) is 0 Å². The molecule has 1 fully saturated rings. The minimum atomic E-state index is -0.209. The second-order valence-electron chi connectivity index (χ2n) is 4.53. The SMILES string of the molecule is CCOC(=O)[C@@H]1CCCN(C(=O)c2snnc2C)C1. The molecule has 0 aromatic carbocycles. The molecule has 1 saturated heterocycles. The van der Waals surface area contributed by atoms with E-state index in [1.165, 1.54) is 0 Å². The van der Waals surface area contributed by atoms with Gasteiger partial charge in [0.1, 0.15) is 4.88 Å². The number of carbonyl (C=O) groups excluding carboxylic acids is 2. The molecule has 1 aromatic rings. The van der Waals surface area contributed by atoms with Crippen molar-refractivity contribution in [2.45, 2.75) is 26.7 Å². The maximum Gasteiger partial charge on any atom is 0.310 e. The van der Waals surface area contributed by atoms with E-state index in [0.29, 0.717) is 30.3 Å². The van der Waals surface area contributed by atoms with E-state index in [4.69, 9.17) is 4.74 Å². The van der Waals surface area contributed by atoms with Crippen LogP contribution in [0.25, 0.3) is 0 Å². The third kappa shape index (κ3) is 3.09. The van der Waals surface area contributed by atoms with Gasteiger partial charge in [0.2, 0.25) is 0 Å². The van der Waals surface area contributed by atoms with Gasteiger partial charge in [-0.25, -0.2) is 0 Å². The number of rotatable bonds is 3. The fourth-order valence-corrected chi connectivity index (χ4v) is 2.81. The van der Waals surface area contributed by atoms with Crippen LogP contribution in [0.15, 0.2) is 0 Å². The number of hydrogen-bond donors (Lipinski definition) is 0. The molecule has 1 aliphatic rings. The first-order chi connectivity index (χ1) is 9.13. The second-order valence-corrected chi connectivity index (χ2v) is 5.28. The first-order valence-electron chi connectivity index (χ1n) is 6.38. The normalized spacial score (nSPS) is 19.3. The van der Waals surface area contributed by atoms with Crippen LogP contribution in [0.3, 0.4) is 0 Å². The molecule has 104 valence electrons. The Balaban J connectivity index is 2.03. The molecule has 1 aliphatic heterocycles. The van der Waals surface area contributed by atoms with Crippen LogP contribution in [0.2, 0.25) is 0 Å².